The van der Waals surface area contributed by atoms with Crippen molar-refractivity contribution < 1.29 is 13.5 Å². The molecule has 1 aromatic carbocycles. The zero-order valence-electron chi connectivity index (χ0n) is 11.2. The maximum Gasteiger partial charge on any atom is 0.127 e. The Morgan fingerprint density at radius 3 is 3.05 bits per heavy atom. The van der Waals surface area contributed by atoms with E-state index in [0.717, 1.165) is 38.7 Å². The van der Waals surface area contributed by atoms with Crippen LogP contribution in [0.3, 0.4) is 0 Å². The molecule has 3 nitrogen and oxygen atoms in total. The maximum atomic E-state index is 13.5. The van der Waals surface area contributed by atoms with E-state index in [2.05, 4.69) is 10.2 Å². The van der Waals surface area contributed by atoms with Crippen LogP contribution in [0.4, 0.5) is 8.78 Å². The topological polar surface area (TPSA) is 24.5 Å². The molecule has 0 bridgehead atoms. The number of hydrogen-bond acceptors (Lipinski definition) is 3. The lowest BCUT2D eigenvalue weighted by Crippen LogP contribution is -2.33. The van der Waals surface area contributed by atoms with Gasteiger partial charge in [-0.25, -0.2) is 8.78 Å². The molecular formula is C14H20F2N2O. The van der Waals surface area contributed by atoms with E-state index in [1.807, 2.05) is 0 Å². The van der Waals surface area contributed by atoms with Crippen molar-refractivity contribution >= 4 is 0 Å². The average Bonchev–Trinajstić information content (AvgIpc) is 2.85. The van der Waals surface area contributed by atoms with Gasteiger partial charge in [-0.15, -0.1) is 0 Å². The summed E-state index contributed by atoms with van der Waals surface area (Å²) in [7, 11) is 1.69. The third-order valence-corrected chi connectivity index (χ3v) is 3.47. The quantitative estimate of drug-likeness (QED) is 0.852. The van der Waals surface area contributed by atoms with Gasteiger partial charge in [0.2, 0.25) is 0 Å². The van der Waals surface area contributed by atoms with Gasteiger partial charge in [-0.1, -0.05) is 0 Å². The lowest BCUT2D eigenvalue weighted by atomic mass is 10.2. The largest absolute Gasteiger partial charge is 0.383 e. The smallest absolute Gasteiger partial charge is 0.127 e. The molecule has 1 aliphatic rings. The van der Waals surface area contributed by atoms with Crippen LogP contribution >= 0.6 is 0 Å². The second kappa shape index (κ2) is 6.93. The van der Waals surface area contributed by atoms with Crippen LogP contribution < -0.4 is 5.32 Å². The molecule has 1 saturated heterocycles. The highest BCUT2D eigenvalue weighted by molar-refractivity contribution is 5.18. The molecule has 19 heavy (non-hydrogen) atoms. The number of benzene rings is 1. The Hall–Kier alpha value is -1.04. The number of hydrogen-bond donors (Lipinski definition) is 1. The molecule has 1 aliphatic heterocycles. The van der Waals surface area contributed by atoms with Gasteiger partial charge in [0.1, 0.15) is 11.6 Å². The lowest BCUT2D eigenvalue weighted by molar-refractivity contribution is 0.159. The van der Waals surface area contributed by atoms with E-state index < -0.39 is 5.82 Å². The minimum atomic E-state index is -0.397. The summed E-state index contributed by atoms with van der Waals surface area (Å²) in [4.78, 5) is 2.31. The fourth-order valence-corrected chi connectivity index (χ4v) is 2.36. The van der Waals surface area contributed by atoms with E-state index in [4.69, 9.17) is 4.74 Å². The van der Waals surface area contributed by atoms with E-state index >= 15 is 0 Å². The van der Waals surface area contributed by atoms with Crippen molar-refractivity contribution in [2.24, 2.45) is 0 Å². The summed E-state index contributed by atoms with van der Waals surface area (Å²) in [5.41, 5.74) is 0.385. The molecule has 0 aliphatic carbocycles. The van der Waals surface area contributed by atoms with Crippen molar-refractivity contribution in [1.82, 2.24) is 10.2 Å². The molecule has 0 aromatic heterocycles. The highest BCUT2D eigenvalue weighted by Gasteiger charge is 2.21. The Morgan fingerprint density at radius 2 is 2.26 bits per heavy atom. The lowest BCUT2D eigenvalue weighted by Gasteiger charge is -2.16. The van der Waals surface area contributed by atoms with Crippen LogP contribution in [0.15, 0.2) is 18.2 Å². The van der Waals surface area contributed by atoms with Crippen LogP contribution in [-0.2, 0) is 11.3 Å². The second-order valence-corrected chi connectivity index (χ2v) is 4.90. The first-order chi connectivity index (χ1) is 9.19. The van der Waals surface area contributed by atoms with Gasteiger partial charge >= 0.3 is 0 Å². The number of likely N-dealkylation sites (tertiary alicyclic amines) is 1. The fraction of sp³-hybridized carbons (Fsp3) is 0.571. The van der Waals surface area contributed by atoms with Crippen LogP contribution in [0.25, 0.3) is 0 Å². The van der Waals surface area contributed by atoms with Crippen LogP contribution in [0.1, 0.15) is 12.0 Å². The molecule has 0 amide bonds. The molecular weight excluding hydrogens is 250 g/mol. The predicted molar refractivity (Wildman–Crippen MR) is 69.9 cm³/mol. The average molecular weight is 270 g/mol. The van der Waals surface area contributed by atoms with Gasteiger partial charge in [-0.3, -0.25) is 4.90 Å². The number of ether oxygens (including phenoxy) is 1. The standard InChI is InChI=1S/C14H20F2N2O/c1-19-7-6-18-5-4-13(10-18)17-9-11-8-12(15)2-3-14(11)16/h2-3,8,13,17H,4-7,9-10H2,1H3/t13-/m1/s1. The SMILES string of the molecule is COCCN1CC[C@@H](NCc2cc(F)ccc2F)C1. The Kier molecular flexibility index (Phi) is 5.24. The monoisotopic (exact) mass is 270 g/mol. The summed E-state index contributed by atoms with van der Waals surface area (Å²) >= 11 is 0. The fourth-order valence-electron chi connectivity index (χ4n) is 2.36. The van der Waals surface area contributed by atoms with Crippen LogP contribution in [0.2, 0.25) is 0 Å². The summed E-state index contributed by atoms with van der Waals surface area (Å²) in [5.74, 6) is -0.755. The van der Waals surface area contributed by atoms with E-state index in [9.17, 15) is 8.78 Å². The third-order valence-electron chi connectivity index (χ3n) is 3.47. The van der Waals surface area contributed by atoms with E-state index in [1.54, 1.807) is 7.11 Å². The van der Waals surface area contributed by atoms with Crippen molar-refractivity contribution in [1.29, 1.82) is 0 Å². The minimum Gasteiger partial charge on any atom is -0.383 e. The highest BCUT2D eigenvalue weighted by atomic mass is 19.1. The molecule has 1 heterocycles. The first kappa shape index (κ1) is 14.4. The minimum absolute atomic E-state index is 0.333. The molecule has 0 spiro atoms. The van der Waals surface area contributed by atoms with Gasteiger partial charge in [0.05, 0.1) is 6.61 Å². The summed E-state index contributed by atoms with van der Waals surface area (Å²) in [6.07, 6.45) is 1.03. The van der Waals surface area contributed by atoms with Crippen molar-refractivity contribution in [3.05, 3.63) is 35.4 Å². The van der Waals surface area contributed by atoms with Gasteiger partial charge in [0, 0.05) is 38.3 Å². The van der Waals surface area contributed by atoms with Crippen LogP contribution in [0, 0.1) is 11.6 Å². The molecule has 2 rings (SSSR count). The summed E-state index contributed by atoms with van der Waals surface area (Å²) in [6.45, 7) is 3.97. The summed E-state index contributed by atoms with van der Waals surface area (Å²) in [6, 6.07) is 3.90. The number of methoxy groups -OCH3 is 1. The van der Waals surface area contributed by atoms with Crippen molar-refractivity contribution in [2.75, 3.05) is 33.4 Å². The normalized spacial score (nSPS) is 20.1. The van der Waals surface area contributed by atoms with Gasteiger partial charge in [0.25, 0.3) is 0 Å². The molecule has 0 unspecified atom stereocenters. The Labute approximate surface area is 112 Å². The summed E-state index contributed by atoms with van der Waals surface area (Å²) in [5, 5.41) is 3.28. The van der Waals surface area contributed by atoms with E-state index in [-0.39, 0.29) is 5.82 Å². The molecule has 106 valence electrons. The maximum absolute atomic E-state index is 13.5. The second-order valence-electron chi connectivity index (χ2n) is 4.90. The molecule has 0 saturated carbocycles. The van der Waals surface area contributed by atoms with Crippen molar-refractivity contribution in [3.63, 3.8) is 0 Å². The van der Waals surface area contributed by atoms with Gasteiger partial charge in [-0.05, 0) is 31.2 Å². The van der Waals surface area contributed by atoms with Gasteiger partial charge < -0.3 is 10.1 Å². The highest BCUT2D eigenvalue weighted by Crippen LogP contribution is 2.12. The van der Waals surface area contributed by atoms with Gasteiger partial charge in [0.15, 0.2) is 0 Å². The first-order valence-corrected chi connectivity index (χ1v) is 6.57. The Morgan fingerprint density at radius 1 is 1.42 bits per heavy atom. The predicted octanol–water partition coefficient (Wildman–Crippen LogP) is 1.78. The zero-order chi connectivity index (χ0) is 13.7. The van der Waals surface area contributed by atoms with E-state index in [1.165, 1.54) is 12.1 Å². The number of rotatable bonds is 6. The summed E-state index contributed by atoms with van der Waals surface area (Å²) < 4.78 is 31.5. The first-order valence-electron chi connectivity index (χ1n) is 6.57. The van der Waals surface area contributed by atoms with Gasteiger partial charge in [-0.2, -0.15) is 0 Å². The number of nitrogens with one attached hydrogen (secondary N) is 1. The molecule has 5 heteroatoms. The third kappa shape index (κ3) is 4.23. The molecule has 0 radical (unpaired) electrons. The molecule has 1 aromatic rings. The number of nitrogens with zero attached hydrogens (tertiary/aromatic N) is 1. The van der Waals surface area contributed by atoms with Crippen molar-refractivity contribution in [2.45, 2.75) is 19.0 Å². The zero-order valence-corrected chi connectivity index (χ0v) is 11.2. The van der Waals surface area contributed by atoms with Crippen LogP contribution in [-0.4, -0.2) is 44.3 Å². The van der Waals surface area contributed by atoms with E-state index in [0.29, 0.717) is 18.2 Å². The molecule has 1 N–H and O–H groups in total. The number of halogens is 2. The van der Waals surface area contributed by atoms with Crippen molar-refractivity contribution in [3.8, 4) is 0 Å². The molecule has 1 atom stereocenters. The Bertz CT molecular complexity index is 414. The Balaban J connectivity index is 1.78. The molecule has 1 fully saturated rings. The van der Waals surface area contributed by atoms with Crippen LogP contribution in [0.5, 0.6) is 0 Å².